The number of alkyl halides is 1. The SMILES string of the molecule is CC[C@H](c1nc(C2CC2)no1)N1CCC(n2ncc(NC[C@@]3(F)CCCOC3)c(Cl)c2=O)CC1. The second-order valence-electron chi connectivity index (χ2n) is 9.74. The van der Waals surface area contributed by atoms with Crippen LogP contribution in [0.4, 0.5) is 10.1 Å². The lowest BCUT2D eigenvalue weighted by Gasteiger charge is -2.35. The van der Waals surface area contributed by atoms with E-state index in [1.165, 1.54) is 10.9 Å². The zero-order valence-corrected chi connectivity index (χ0v) is 20.3. The predicted molar refractivity (Wildman–Crippen MR) is 125 cm³/mol. The number of hydrogen-bond acceptors (Lipinski definition) is 8. The third kappa shape index (κ3) is 4.99. The molecule has 1 N–H and O–H groups in total. The summed E-state index contributed by atoms with van der Waals surface area (Å²) in [6.45, 7) is 4.37. The van der Waals surface area contributed by atoms with Crippen LogP contribution in [-0.4, -0.2) is 63.3 Å². The summed E-state index contributed by atoms with van der Waals surface area (Å²) in [5.41, 5.74) is -1.45. The smallest absolute Gasteiger partial charge is 0.287 e. The highest BCUT2D eigenvalue weighted by molar-refractivity contribution is 6.32. The molecule has 5 rings (SSSR count). The van der Waals surface area contributed by atoms with Crippen molar-refractivity contribution in [1.82, 2.24) is 24.8 Å². The molecule has 2 aromatic rings. The van der Waals surface area contributed by atoms with E-state index in [9.17, 15) is 9.18 Å². The van der Waals surface area contributed by atoms with Crippen LogP contribution in [0.1, 0.15) is 81.6 Å². The van der Waals surface area contributed by atoms with E-state index in [0.717, 1.165) is 51.0 Å². The second kappa shape index (κ2) is 9.91. The van der Waals surface area contributed by atoms with E-state index < -0.39 is 5.67 Å². The molecule has 1 saturated carbocycles. The minimum Gasteiger partial charge on any atom is -0.379 e. The molecule has 0 bridgehead atoms. The summed E-state index contributed by atoms with van der Waals surface area (Å²) < 4.78 is 27.1. The Morgan fingerprint density at radius 2 is 2.12 bits per heavy atom. The van der Waals surface area contributed by atoms with E-state index in [4.69, 9.17) is 20.9 Å². The number of halogens is 2. The van der Waals surface area contributed by atoms with Crippen LogP contribution in [0.15, 0.2) is 15.5 Å². The molecule has 2 aromatic heterocycles. The van der Waals surface area contributed by atoms with Gasteiger partial charge in [-0.3, -0.25) is 9.69 Å². The summed E-state index contributed by atoms with van der Waals surface area (Å²) in [5, 5.41) is 11.5. The van der Waals surface area contributed by atoms with Crippen molar-refractivity contribution in [2.75, 3.05) is 38.2 Å². The number of aromatic nitrogens is 4. The Morgan fingerprint density at radius 3 is 2.79 bits per heavy atom. The number of piperidine rings is 1. The molecule has 0 aromatic carbocycles. The highest BCUT2D eigenvalue weighted by Crippen LogP contribution is 2.39. The molecule has 9 nitrogen and oxygen atoms in total. The van der Waals surface area contributed by atoms with Crippen LogP contribution < -0.4 is 10.9 Å². The van der Waals surface area contributed by atoms with Crippen LogP contribution in [0.5, 0.6) is 0 Å². The number of ether oxygens (including phenoxy) is 1. The molecule has 1 aliphatic carbocycles. The molecule has 2 saturated heterocycles. The van der Waals surface area contributed by atoms with Gasteiger partial charge in [-0.2, -0.15) is 10.1 Å². The largest absolute Gasteiger partial charge is 0.379 e. The molecular weight excluding hydrogens is 463 g/mol. The Kier molecular flexibility index (Phi) is 6.90. The molecule has 34 heavy (non-hydrogen) atoms. The average molecular weight is 495 g/mol. The number of rotatable bonds is 8. The predicted octanol–water partition coefficient (Wildman–Crippen LogP) is 3.88. The molecular formula is C23H32ClFN6O3. The lowest BCUT2D eigenvalue weighted by Crippen LogP contribution is -2.41. The first-order chi connectivity index (χ1) is 16.5. The van der Waals surface area contributed by atoms with Crippen LogP contribution in [0, 0.1) is 0 Å². The van der Waals surface area contributed by atoms with Gasteiger partial charge in [-0.25, -0.2) is 9.07 Å². The minimum atomic E-state index is -1.46. The zero-order valence-electron chi connectivity index (χ0n) is 19.5. The van der Waals surface area contributed by atoms with Gasteiger partial charge in [0.05, 0.1) is 37.1 Å². The first-order valence-electron chi connectivity index (χ1n) is 12.3. The van der Waals surface area contributed by atoms with Gasteiger partial charge in [0.15, 0.2) is 11.5 Å². The lowest BCUT2D eigenvalue weighted by molar-refractivity contribution is -0.0234. The van der Waals surface area contributed by atoms with Crippen molar-refractivity contribution < 1.29 is 13.7 Å². The Labute approximate surface area is 203 Å². The summed E-state index contributed by atoms with van der Waals surface area (Å²) >= 11 is 6.37. The Morgan fingerprint density at radius 1 is 1.32 bits per heavy atom. The minimum absolute atomic E-state index is 0.0345. The average Bonchev–Trinajstić information content (AvgIpc) is 3.59. The highest BCUT2D eigenvalue weighted by atomic mass is 35.5. The molecule has 0 radical (unpaired) electrons. The van der Waals surface area contributed by atoms with Gasteiger partial charge in [-0.15, -0.1) is 0 Å². The fourth-order valence-corrected chi connectivity index (χ4v) is 5.16. The first kappa shape index (κ1) is 23.7. The van der Waals surface area contributed by atoms with Gasteiger partial charge >= 0.3 is 0 Å². The van der Waals surface area contributed by atoms with Gasteiger partial charge in [0.2, 0.25) is 5.89 Å². The highest BCUT2D eigenvalue weighted by Gasteiger charge is 2.34. The molecule has 11 heteroatoms. The summed E-state index contributed by atoms with van der Waals surface area (Å²) in [7, 11) is 0. The topological polar surface area (TPSA) is 98.3 Å². The van der Waals surface area contributed by atoms with E-state index in [-0.39, 0.29) is 35.8 Å². The van der Waals surface area contributed by atoms with Crippen molar-refractivity contribution >= 4 is 17.3 Å². The molecule has 0 spiro atoms. The second-order valence-corrected chi connectivity index (χ2v) is 10.1. The summed E-state index contributed by atoms with van der Waals surface area (Å²) in [5.74, 6) is 1.98. The lowest BCUT2D eigenvalue weighted by atomic mass is 9.99. The number of anilines is 1. The van der Waals surface area contributed by atoms with Gasteiger partial charge < -0.3 is 14.6 Å². The van der Waals surface area contributed by atoms with Crippen LogP contribution in [0.3, 0.4) is 0 Å². The summed E-state index contributed by atoms with van der Waals surface area (Å²) in [6, 6.07) is 0.0364. The van der Waals surface area contributed by atoms with Gasteiger partial charge in [0.1, 0.15) is 5.02 Å². The maximum atomic E-state index is 14.8. The summed E-state index contributed by atoms with van der Waals surface area (Å²) in [6.07, 6.45) is 7.31. The molecule has 0 unspecified atom stereocenters. The maximum absolute atomic E-state index is 14.8. The maximum Gasteiger partial charge on any atom is 0.287 e. The van der Waals surface area contributed by atoms with Crippen molar-refractivity contribution in [2.24, 2.45) is 0 Å². The molecule has 2 atom stereocenters. The molecule has 186 valence electrons. The number of nitrogens with one attached hydrogen (secondary N) is 1. The van der Waals surface area contributed by atoms with Gasteiger partial charge in [0, 0.05) is 25.6 Å². The number of likely N-dealkylation sites (tertiary alicyclic amines) is 1. The van der Waals surface area contributed by atoms with Crippen molar-refractivity contribution in [3.05, 3.63) is 33.3 Å². The number of nitrogens with zero attached hydrogens (tertiary/aromatic N) is 5. The fraction of sp³-hybridized carbons (Fsp3) is 0.739. The quantitative estimate of drug-likeness (QED) is 0.590. The van der Waals surface area contributed by atoms with Gasteiger partial charge in [-0.05, 0) is 44.9 Å². The van der Waals surface area contributed by atoms with E-state index in [0.29, 0.717) is 36.9 Å². The third-order valence-corrected chi connectivity index (χ3v) is 7.54. The van der Waals surface area contributed by atoms with Crippen molar-refractivity contribution in [1.29, 1.82) is 0 Å². The fourth-order valence-electron chi connectivity index (χ4n) is 4.96. The third-order valence-electron chi connectivity index (χ3n) is 7.17. The van der Waals surface area contributed by atoms with E-state index >= 15 is 0 Å². The van der Waals surface area contributed by atoms with E-state index in [1.54, 1.807) is 0 Å². The molecule has 2 aliphatic heterocycles. The van der Waals surface area contributed by atoms with Crippen LogP contribution >= 0.6 is 11.6 Å². The van der Waals surface area contributed by atoms with Crippen LogP contribution in [0.2, 0.25) is 5.02 Å². The van der Waals surface area contributed by atoms with E-state index in [2.05, 4.69) is 32.4 Å². The molecule has 4 heterocycles. The molecule has 0 amide bonds. The monoisotopic (exact) mass is 494 g/mol. The first-order valence-corrected chi connectivity index (χ1v) is 12.7. The van der Waals surface area contributed by atoms with E-state index in [1.807, 2.05) is 0 Å². The van der Waals surface area contributed by atoms with Crippen molar-refractivity contribution in [2.45, 2.75) is 75.5 Å². The molecule has 3 fully saturated rings. The van der Waals surface area contributed by atoms with Gasteiger partial charge in [-0.1, -0.05) is 23.7 Å². The molecule has 3 aliphatic rings. The van der Waals surface area contributed by atoms with Crippen molar-refractivity contribution in [3.8, 4) is 0 Å². The van der Waals surface area contributed by atoms with Gasteiger partial charge in [0.25, 0.3) is 5.56 Å². The van der Waals surface area contributed by atoms with Crippen LogP contribution in [-0.2, 0) is 4.74 Å². The zero-order chi connectivity index (χ0) is 23.7. The Balaban J connectivity index is 1.21. The standard InChI is InChI=1S/C23H32ClFN6O3/c1-2-18(21-28-20(29-34-21)15-4-5-15)30-9-6-16(7-10-30)31-22(32)19(24)17(12-27-31)26-13-23(25)8-3-11-33-14-23/h12,15-16,18,26H,2-11,13-14H2,1H3/t18-,23+/m1/s1. The number of hydrogen-bond donors (Lipinski definition) is 1. The summed E-state index contributed by atoms with van der Waals surface area (Å²) in [4.78, 5) is 19.9. The Bertz CT molecular complexity index is 1040. The van der Waals surface area contributed by atoms with Crippen LogP contribution in [0.25, 0.3) is 0 Å². The normalized spacial score (nSPS) is 25.4. The Hall–Kier alpha value is -2.04. The van der Waals surface area contributed by atoms with Crippen molar-refractivity contribution in [3.63, 3.8) is 0 Å².